The lowest BCUT2D eigenvalue weighted by Crippen LogP contribution is -2.02. The van der Waals surface area contributed by atoms with Gasteiger partial charge >= 0.3 is 0 Å². The quantitative estimate of drug-likeness (QED) is 0.531. The first kappa shape index (κ1) is 15.4. The molecule has 0 amide bonds. The molecule has 0 radical (unpaired) electrons. The maximum atomic E-state index is 13.7. The normalized spacial score (nSPS) is 11.0. The van der Waals surface area contributed by atoms with Crippen LogP contribution in [-0.2, 0) is 6.54 Å². The van der Waals surface area contributed by atoms with Crippen LogP contribution in [0.25, 0.3) is 22.4 Å². The minimum atomic E-state index is -0.270. The molecule has 0 saturated carbocycles. The van der Waals surface area contributed by atoms with Crippen LogP contribution < -0.4 is 4.74 Å². The highest BCUT2D eigenvalue weighted by Gasteiger charge is 2.14. The molecule has 0 fully saturated rings. The van der Waals surface area contributed by atoms with Crippen LogP contribution in [0, 0.1) is 5.82 Å². The summed E-state index contributed by atoms with van der Waals surface area (Å²) >= 11 is 0. The molecule has 0 spiro atoms. The van der Waals surface area contributed by atoms with Gasteiger partial charge < -0.3 is 9.30 Å². The molecule has 0 saturated heterocycles. The van der Waals surface area contributed by atoms with E-state index in [-0.39, 0.29) is 5.82 Å². The van der Waals surface area contributed by atoms with Gasteiger partial charge in [-0.05, 0) is 29.8 Å². The second kappa shape index (κ2) is 6.40. The van der Waals surface area contributed by atoms with Crippen molar-refractivity contribution in [3.63, 3.8) is 0 Å². The number of hydrogen-bond donors (Lipinski definition) is 0. The number of methoxy groups -OCH3 is 1. The third-order valence-corrected chi connectivity index (χ3v) is 4.22. The van der Waals surface area contributed by atoms with Gasteiger partial charge in [0.05, 0.1) is 18.1 Å². The summed E-state index contributed by atoms with van der Waals surface area (Å²) in [6.07, 6.45) is 0. The van der Waals surface area contributed by atoms with E-state index in [4.69, 9.17) is 9.72 Å². The Morgan fingerprint density at radius 2 is 1.80 bits per heavy atom. The number of fused-ring (bicyclic) bond motifs is 1. The summed E-state index contributed by atoms with van der Waals surface area (Å²) < 4.78 is 21.2. The van der Waals surface area contributed by atoms with Gasteiger partial charge in [-0.15, -0.1) is 0 Å². The minimum absolute atomic E-state index is 0.270. The highest BCUT2D eigenvalue weighted by atomic mass is 19.1. The standard InChI is InChI=1S/C21H17FN2O/c1-25-18-10-11-19-20(13-18)24(14-15-6-3-2-4-7-15)21(23-19)16-8-5-9-17(22)12-16/h2-13H,14H2,1H3. The van der Waals surface area contributed by atoms with Crippen LogP contribution in [0.5, 0.6) is 5.75 Å². The predicted molar refractivity (Wildman–Crippen MR) is 97.2 cm³/mol. The Kier molecular flexibility index (Phi) is 3.94. The van der Waals surface area contributed by atoms with E-state index in [1.54, 1.807) is 13.2 Å². The number of halogens is 1. The van der Waals surface area contributed by atoms with Crippen molar-refractivity contribution in [3.8, 4) is 17.1 Å². The van der Waals surface area contributed by atoms with E-state index < -0.39 is 0 Å². The van der Waals surface area contributed by atoms with Crippen LogP contribution in [0.1, 0.15) is 5.56 Å². The summed E-state index contributed by atoms with van der Waals surface area (Å²) in [6.45, 7) is 0.649. The number of ether oxygens (including phenoxy) is 1. The topological polar surface area (TPSA) is 27.1 Å². The van der Waals surface area contributed by atoms with Crippen molar-refractivity contribution in [1.29, 1.82) is 0 Å². The SMILES string of the molecule is COc1ccc2nc(-c3cccc(F)c3)n(Cc3ccccc3)c2c1. The molecule has 1 aromatic heterocycles. The Morgan fingerprint density at radius 1 is 0.960 bits per heavy atom. The number of aromatic nitrogens is 2. The van der Waals surface area contributed by atoms with Gasteiger partial charge in [0.25, 0.3) is 0 Å². The van der Waals surface area contributed by atoms with Gasteiger partial charge in [0.1, 0.15) is 17.4 Å². The molecule has 0 aliphatic heterocycles. The van der Waals surface area contributed by atoms with Crippen molar-refractivity contribution in [2.75, 3.05) is 7.11 Å². The number of rotatable bonds is 4. The van der Waals surface area contributed by atoms with Crippen LogP contribution in [0.3, 0.4) is 0 Å². The van der Waals surface area contributed by atoms with Crippen molar-refractivity contribution in [1.82, 2.24) is 9.55 Å². The Morgan fingerprint density at radius 3 is 2.56 bits per heavy atom. The fourth-order valence-electron chi connectivity index (χ4n) is 3.00. The van der Waals surface area contributed by atoms with Crippen LogP contribution in [0.2, 0.25) is 0 Å². The smallest absolute Gasteiger partial charge is 0.141 e. The predicted octanol–water partition coefficient (Wildman–Crippen LogP) is 4.90. The van der Waals surface area contributed by atoms with Crippen LogP contribution in [0.4, 0.5) is 4.39 Å². The Bertz CT molecular complexity index is 1020. The maximum Gasteiger partial charge on any atom is 0.141 e. The van der Waals surface area contributed by atoms with E-state index in [1.807, 2.05) is 42.5 Å². The average Bonchev–Trinajstić information content (AvgIpc) is 3.00. The van der Waals surface area contributed by atoms with Crippen molar-refractivity contribution in [3.05, 3.63) is 84.2 Å². The zero-order valence-electron chi connectivity index (χ0n) is 13.8. The van der Waals surface area contributed by atoms with Crippen molar-refractivity contribution >= 4 is 11.0 Å². The summed E-state index contributed by atoms with van der Waals surface area (Å²) in [5.41, 5.74) is 3.73. The van der Waals surface area contributed by atoms with Gasteiger partial charge in [-0.3, -0.25) is 0 Å². The second-order valence-corrected chi connectivity index (χ2v) is 5.87. The summed E-state index contributed by atoms with van der Waals surface area (Å²) in [7, 11) is 1.65. The van der Waals surface area contributed by atoms with Crippen LogP contribution in [0.15, 0.2) is 72.8 Å². The molecule has 124 valence electrons. The van der Waals surface area contributed by atoms with E-state index in [9.17, 15) is 4.39 Å². The summed E-state index contributed by atoms with van der Waals surface area (Å²) in [6, 6.07) is 22.5. The Labute approximate surface area is 145 Å². The summed E-state index contributed by atoms with van der Waals surface area (Å²) in [5, 5.41) is 0. The Hall–Kier alpha value is -3.14. The number of hydrogen-bond acceptors (Lipinski definition) is 2. The lowest BCUT2D eigenvalue weighted by atomic mass is 10.2. The fraction of sp³-hybridized carbons (Fsp3) is 0.0952. The highest BCUT2D eigenvalue weighted by Crippen LogP contribution is 2.28. The van der Waals surface area contributed by atoms with Crippen molar-refractivity contribution in [2.24, 2.45) is 0 Å². The van der Waals surface area contributed by atoms with Gasteiger partial charge in [0, 0.05) is 18.2 Å². The molecule has 0 aliphatic carbocycles. The molecule has 0 aliphatic rings. The first-order valence-corrected chi connectivity index (χ1v) is 8.09. The molecular formula is C21H17FN2O. The zero-order valence-corrected chi connectivity index (χ0v) is 13.8. The average molecular weight is 332 g/mol. The molecule has 4 heteroatoms. The monoisotopic (exact) mass is 332 g/mol. The highest BCUT2D eigenvalue weighted by molar-refractivity contribution is 5.82. The zero-order chi connectivity index (χ0) is 17.2. The van der Waals surface area contributed by atoms with E-state index >= 15 is 0 Å². The molecule has 4 aromatic rings. The minimum Gasteiger partial charge on any atom is -0.497 e. The third-order valence-electron chi connectivity index (χ3n) is 4.22. The molecule has 25 heavy (non-hydrogen) atoms. The molecule has 3 aromatic carbocycles. The lowest BCUT2D eigenvalue weighted by Gasteiger charge is -2.10. The van der Waals surface area contributed by atoms with Gasteiger partial charge in [-0.25, -0.2) is 9.37 Å². The molecule has 0 bridgehead atoms. The molecule has 0 atom stereocenters. The number of imidazole rings is 1. The van der Waals surface area contributed by atoms with Gasteiger partial charge in [-0.1, -0.05) is 42.5 Å². The first-order valence-electron chi connectivity index (χ1n) is 8.09. The maximum absolute atomic E-state index is 13.7. The van der Waals surface area contributed by atoms with Gasteiger partial charge in [-0.2, -0.15) is 0 Å². The van der Waals surface area contributed by atoms with Crippen molar-refractivity contribution < 1.29 is 9.13 Å². The lowest BCUT2D eigenvalue weighted by molar-refractivity contribution is 0.415. The van der Waals surface area contributed by atoms with E-state index in [0.29, 0.717) is 6.54 Å². The summed E-state index contributed by atoms with van der Waals surface area (Å²) in [5.74, 6) is 1.24. The molecule has 1 heterocycles. The molecule has 4 rings (SSSR count). The van der Waals surface area contributed by atoms with E-state index in [2.05, 4.69) is 16.7 Å². The fourth-order valence-corrected chi connectivity index (χ4v) is 3.00. The summed E-state index contributed by atoms with van der Waals surface area (Å²) in [4.78, 5) is 4.74. The van der Waals surface area contributed by atoms with Gasteiger partial charge in [0.2, 0.25) is 0 Å². The van der Waals surface area contributed by atoms with Crippen molar-refractivity contribution in [2.45, 2.75) is 6.54 Å². The molecule has 0 unspecified atom stereocenters. The Balaban J connectivity index is 1.93. The van der Waals surface area contributed by atoms with Gasteiger partial charge in [0.15, 0.2) is 0 Å². The van der Waals surface area contributed by atoms with E-state index in [1.165, 1.54) is 12.1 Å². The second-order valence-electron chi connectivity index (χ2n) is 5.87. The third kappa shape index (κ3) is 2.98. The molecule has 0 N–H and O–H groups in total. The molecule has 3 nitrogen and oxygen atoms in total. The number of nitrogens with zero attached hydrogens (tertiary/aromatic N) is 2. The molecular weight excluding hydrogens is 315 g/mol. The van der Waals surface area contributed by atoms with Crippen LogP contribution in [-0.4, -0.2) is 16.7 Å². The van der Waals surface area contributed by atoms with Crippen LogP contribution >= 0.6 is 0 Å². The first-order chi connectivity index (χ1) is 12.2. The van der Waals surface area contributed by atoms with E-state index in [0.717, 1.165) is 33.7 Å². The largest absolute Gasteiger partial charge is 0.497 e. The number of benzene rings is 3.